The number of aliphatic hydroxyl groups excluding tert-OH is 1. The third-order valence-corrected chi connectivity index (χ3v) is 2.12. The molecule has 0 bridgehead atoms. The largest absolute Gasteiger partial charge is 0.396 e. The zero-order valence-corrected chi connectivity index (χ0v) is 8.61. The van der Waals surface area contributed by atoms with Gasteiger partial charge in [0.1, 0.15) is 0 Å². The first kappa shape index (κ1) is 11.9. The Kier molecular flexibility index (Phi) is 6.95. The Bertz CT molecular complexity index is 123. The van der Waals surface area contributed by atoms with Crippen LogP contribution in [0.25, 0.3) is 0 Å². The zero-order valence-electron chi connectivity index (χ0n) is 8.61. The van der Waals surface area contributed by atoms with Gasteiger partial charge in [0.05, 0.1) is 13.2 Å². The lowest BCUT2D eigenvalue weighted by molar-refractivity contribution is -0.169. The van der Waals surface area contributed by atoms with E-state index >= 15 is 0 Å². The normalized spacial score (nSPS) is 22.5. The van der Waals surface area contributed by atoms with Crippen LogP contribution in [0.2, 0.25) is 0 Å². The van der Waals surface area contributed by atoms with Crippen molar-refractivity contribution in [1.82, 2.24) is 0 Å². The second-order valence-electron chi connectivity index (χ2n) is 3.36. The maximum absolute atomic E-state index is 8.50. The highest BCUT2D eigenvalue weighted by molar-refractivity contribution is 4.53. The second kappa shape index (κ2) is 8.17. The van der Waals surface area contributed by atoms with Crippen molar-refractivity contribution in [3.8, 4) is 0 Å². The van der Waals surface area contributed by atoms with E-state index in [0.717, 1.165) is 19.4 Å². The Hall–Kier alpha value is -0.160. The lowest BCUT2D eigenvalue weighted by atomic mass is 10.2. The van der Waals surface area contributed by atoms with Gasteiger partial charge >= 0.3 is 0 Å². The van der Waals surface area contributed by atoms with Gasteiger partial charge in [0.2, 0.25) is 0 Å². The SMILES string of the molecule is OCCCOCCOC1CCCCO1. The van der Waals surface area contributed by atoms with Gasteiger partial charge in [-0.15, -0.1) is 0 Å². The summed E-state index contributed by atoms with van der Waals surface area (Å²) in [4.78, 5) is 0. The molecule has 1 fully saturated rings. The summed E-state index contributed by atoms with van der Waals surface area (Å²) in [6, 6.07) is 0. The van der Waals surface area contributed by atoms with E-state index in [9.17, 15) is 0 Å². The highest BCUT2D eigenvalue weighted by Gasteiger charge is 2.13. The quantitative estimate of drug-likeness (QED) is 0.627. The lowest BCUT2D eigenvalue weighted by Gasteiger charge is -2.22. The fraction of sp³-hybridized carbons (Fsp3) is 1.00. The smallest absolute Gasteiger partial charge is 0.157 e. The summed E-state index contributed by atoms with van der Waals surface area (Å²) in [5.41, 5.74) is 0. The summed E-state index contributed by atoms with van der Waals surface area (Å²) >= 11 is 0. The summed E-state index contributed by atoms with van der Waals surface area (Å²) in [5.74, 6) is 0. The van der Waals surface area contributed by atoms with Gasteiger partial charge in [0, 0.05) is 19.8 Å². The van der Waals surface area contributed by atoms with Crippen LogP contribution in [-0.2, 0) is 14.2 Å². The number of hydrogen-bond acceptors (Lipinski definition) is 4. The molecule has 14 heavy (non-hydrogen) atoms. The van der Waals surface area contributed by atoms with E-state index < -0.39 is 0 Å². The Morgan fingerprint density at radius 3 is 2.86 bits per heavy atom. The van der Waals surface area contributed by atoms with Gasteiger partial charge < -0.3 is 19.3 Å². The molecule has 1 heterocycles. The molecule has 1 atom stereocenters. The second-order valence-corrected chi connectivity index (χ2v) is 3.36. The van der Waals surface area contributed by atoms with Crippen LogP contribution in [0, 0.1) is 0 Å². The first-order valence-electron chi connectivity index (χ1n) is 5.35. The third kappa shape index (κ3) is 5.54. The van der Waals surface area contributed by atoms with Crippen LogP contribution in [0.5, 0.6) is 0 Å². The van der Waals surface area contributed by atoms with Crippen molar-refractivity contribution in [2.75, 3.05) is 33.0 Å². The molecule has 1 saturated heterocycles. The molecule has 84 valence electrons. The summed E-state index contributed by atoms with van der Waals surface area (Å²) in [6.45, 7) is 2.77. The van der Waals surface area contributed by atoms with Crippen LogP contribution < -0.4 is 0 Å². The van der Waals surface area contributed by atoms with Gasteiger partial charge in [-0.1, -0.05) is 0 Å². The van der Waals surface area contributed by atoms with Crippen molar-refractivity contribution in [2.24, 2.45) is 0 Å². The summed E-state index contributed by atoms with van der Waals surface area (Å²) < 4.78 is 16.1. The minimum Gasteiger partial charge on any atom is -0.396 e. The van der Waals surface area contributed by atoms with E-state index in [1.54, 1.807) is 0 Å². The molecule has 1 aliphatic rings. The maximum atomic E-state index is 8.50. The number of ether oxygens (including phenoxy) is 3. The van der Waals surface area contributed by atoms with Crippen LogP contribution in [0.15, 0.2) is 0 Å². The number of hydrogen-bond donors (Lipinski definition) is 1. The van der Waals surface area contributed by atoms with Gasteiger partial charge in [0.25, 0.3) is 0 Å². The Balaban J connectivity index is 1.82. The van der Waals surface area contributed by atoms with E-state index in [0.29, 0.717) is 26.2 Å². The highest BCUT2D eigenvalue weighted by Crippen LogP contribution is 2.13. The standard InChI is InChI=1S/C10H20O4/c11-5-3-6-12-8-9-14-10-4-1-2-7-13-10/h10-11H,1-9H2. The van der Waals surface area contributed by atoms with E-state index in [1.165, 1.54) is 6.42 Å². The van der Waals surface area contributed by atoms with E-state index in [4.69, 9.17) is 19.3 Å². The van der Waals surface area contributed by atoms with Crippen molar-refractivity contribution in [3.63, 3.8) is 0 Å². The molecule has 0 aromatic rings. The predicted octanol–water partition coefficient (Wildman–Crippen LogP) is 0.929. The molecule has 0 spiro atoms. The van der Waals surface area contributed by atoms with Gasteiger partial charge in [-0.25, -0.2) is 0 Å². The van der Waals surface area contributed by atoms with Crippen LogP contribution >= 0.6 is 0 Å². The predicted molar refractivity (Wildman–Crippen MR) is 52.1 cm³/mol. The van der Waals surface area contributed by atoms with Crippen molar-refractivity contribution in [2.45, 2.75) is 32.0 Å². The Morgan fingerprint density at radius 1 is 1.21 bits per heavy atom. The topological polar surface area (TPSA) is 47.9 Å². The molecule has 1 N–H and O–H groups in total. The van der Waals surface area contributed by atoms with Crippen molar-refractivity contribution < 1.29 is 19.3 Å². The highest BCUT2D eigenvalue weighted by atomic mass is 16.7. The molecule has 0 radical (unpaired) electrons. The molecule has 4 nitrogen and oxygen atoms in total. The molecule has 1 unspecified atom stereocenters. The van der Waals surface area contributed by atoms with E-state index in [1.807, 2.05) is 0 Å². The lowest BCUT2D eigenvalue weighted by Crippen LogP contribution is -2.24. The third-order valence-electron chi connectivity index (χ3n) is 2.12. The molecule has 1 aliphatic heterocycles. The first-order valence-corrected chi connectivity index (χ1v) is 5.35. The van der Waals surface area contributed by atoms with Gasteiger partial charge in [-0.05, 0) is 25.7 Å². The number of aliphatic hydroxyl groups is 1. The van der Waals surface area contributed by atoms with Gasteiger partial charge in [-0.2, -0.15) is 0 Å². The zero-order chi connectivity index (χ0) is 10.1. The summed E-state index contributed by atoms with van der Waals surface area (Å²) in [5, 5.41) is 8.50. The molecule has 4 heteroatoms. The van der Waals surface area contributed by atoms with Crippen LogP contribution in [0.1, 0.15) is 25.7 Å². The molecule has 0 aliphatic carbocycles. The number of rotatable bonds is 7. The van der Waals surface area contributed by atoms with Crippen molar-refractivity contribution >= 4 is 0 Å². The minimum absolute atomic E-state index is 0.0230. The summed E-state index contributed by atoms with van der Waals surface area (Å²) in [7, 11) is 0. The summed E-state index contributed by atoms with van der Waals surface area (Å²) in [6.07, 6.45) is 4.00. The van der Waals surface area contributed by atoms with Gasteiger partial charge in [0.15, 0.2) is 6.29 Å². The van der Waals surface area contributed by atoms with Crippen LogP contribution in [-0.4, -0.2) is 44.4 Å². The average Bonchev–Trinajstić information content (AvgIpc) is 2.25. The Morgan fingerprint density at radius 2 is 2.14 bits per heavy atom. The average molecular weight is 204 g/mol. The molecule has 0 amide bonds. The molecular weight excluding hydrogens is 184 g/mol. The molecule has 0 aromatic carbocycles. The molecule has 0 aromatic heterocycles. The first-order chi connectivity index (χ1) is 6.93. The maximum Gasteiger partial charge on any atom is 0.157 e. The van der Waals surface area contributed by atoms with Crippen molar-refractivity contribution in [3.05, 3.63) is 0 Å². The van der Waals surface area contributed by atoms with Crippen molar-refractivity contribution in [1.29, 1.82) is 0 Å². The fourth-order valence-electron chi connectivity index (χ4n) is 1.35. The Labute approximate surface area is 85.2 Å². The fourth-order valence-corrected chi connectivity index (χ4v) is 1.35. The minimum atomic E-state index is -0.0230. The van der Waals surface area contributed by atoms with Crippen LogP contribution in [0.4, 0.5) is 0 Å². The van der Waals surface area contributed by atoms with Gasteiger partial charge in [-0.3, -0.25) is 0 Å². The molecule has 1 rings (SSSR count). The van der Waals surface area contributed by atoms with Crippen LogP contribution in [0.3, 0.4) is 0 Å². The molecular formula is C10H20O4. The van der Waals surface area contributed by atoms with E-state index in [-0.39, 0.29) is 12.9 Å². The monoisotopic (exact) mass is 204 g/mol. The van der Waals surface area contributed by atoms with E-state index in [2.05, 4.69) is 0 Å². The molecule has 0 saturated carbocycles.